The van der Waals surface area contributed by atoms with Crippen molar-refractivity contribution in [3.63, 3.8) is 0 Å². The number of anilines is 1. The van der Waals surface area contributed by atoms with Crippen LogP contribution in [0, 0.1) is 5.92 Å². The van der Waals surface area contributed by atoms with E-state index in [4.69, 9.17) is 5.14 Å². The number of rotatable bonds is 5. The molecule has 3 N–H and O–H groups in total. The average molecular weight is 283 g/mol. The topological polar surface area (TPSA) is 75.4 Å². The van der Waals surface area contributed by atoms with Gasteiger partial charge in [0.05, 0.1) is 5.69 Å². The number of hydrogen-bond donors (Lipinski definition) is 2. The molecule has 0 aliphatic carbocycles. The Morgan fingerprint density at radius 1 is 1.42 bits per heavy atom. The van der Waals surface area contributed by atoms with Crippen molar-refractivity contribution in [3.8, 4) is 0 Å². The quantitative estimate of drug-likeness (QED) is 0.848. The maximum absolute atomic E-state index is 11.5. The number of sulfonamides is 1. The van der Waals surface area contributed by atoms with Gasteiger partial charge in [0.25, 0.3) is 0 Å². The van der Waals surface area contributed by atoms with Crippen LogP contribution < -0.4 is 10.5 Å². The standard InChI is InChI=1S/C13H21N3O2S/c1-2-16-8-7-11(10-16)9-15-12-5-3-4-6-13(12)19(14,17)18/h3-6,11,15H,2,7-10H2,1H3,(H2,14,17,18). The number of likely N-dealkylation sites (tertiary alicyclic amines) is 1. The first-order chi connectivity index (χ1) is 9.00. The second kappa shape index (κ2) is 5.90. The second-order valence-electron chi connectivity index (χ2n) is 4.97. The molecule has 1 unspecified atom stereocenters. The molecule has 0 amide bonds. The number of hydrogen-bond acceptors (Lipinski definition) is 4. The molecular weight excluding hydrogens is 262 g/mol. The smallest absolute Gasteiger partial charge is 0.240 e. The number of nitrogens with two attached hydrogens (primary N) is 1. The molecule has 1 aliphatic rings. The summed E-state index contributed by atoms with van der Waals surface area (Å²) in [6.45, 7) is 6.21. The molecule has 0 radical (unpaired) electrons. The monoisotopic (exact) mass is 283 g/mol. The van der Waals surface area contributed by atoms with E-state index in [1.807, 2.05) is 6.07 Å². The van der Waals surface area contributed by atoms with E-state index in [1.54, 1.807) is 12.1 Å². The molecule has 5 nitrogen and oxygen atoms in total. The van der Waals surface area contributed by atoms with E-state index < -0.39 is 10.0 Å². The lowest BCUT2D eigenvalue weighted by molar-refractivity contribution is 0.345. The Balaban J connectivity index is 2.01. The van der Waals surface area contributed by atoms with Gasteiger partial charge >= 0.3 is 0 Å². The molecule has 1 aromatic rings. The van der Waals surface area contributed by atoms with Crippen molar-refractivity contribution in [2.45, 2.75) is 18.2 Å². The average Bonchev–Trinajstić information content (AvgIpc) is 2.83. The minimum atomic E-state index is -3.67. The van der Waals surface area contributed by atoms with Crippen LogP contribution >= 0.6 is 0 Å². The summed E-state index contributed by atoms with van der Waals surface area (Å²) in [5, 5.41) is 8.43. The van der Waals surface area contributed by atoms with Gasteiger partial charge in [0, 0.05) is 13.1 Å². The van der Waals surface area contributed by atoms with Crippen LogP contribution in [0.2, 0.25) is 0 Å². The fourth-order valence-corrected chi connectivity index (χ4v) is 3.20. The molecule has 1 fully saturated rings. The number of nitrogens with zero attached hydrogens (tertiary/aromatic N) is 1. The Morgan fingerprint density at radius 2 is 2.16 bits per heavy atom. The highest BCUT2D eigenvalue weighted by molar-refractivity contribution is 7.89. The maximum Gasteiger partial charge on any atom is 0.240 e. The van der Waals surface area contributed by atoms with Gasteiger partial charge in [0.1, 0.15) is 4.90 Å². The van der Waals surface area contributed by atoms with Crippen LogP contribution in [0.25, 0.3) is 0 Å². The number of para-hydroxylation sites is 1. The van der Waals surface area contributed by atoms with Crippen molar-refractivity contribution < 1.29 is 8.42 Å². The number of primary sulfonamides is 1. The van der Waals surface area contributed by atoms with E-state index in [0.717, 1.165) is 32.6 Å². The Labute approximate surface area is 114 Å². The molecule has 1 atom stereocenters. The predicted octanol–water partition coefficient (Wildman–Crippen LogP) is 1.09. The molecule has 106 valence electrons. The zero-order valence-electron chi connectivity index (χ0n) is 11.2. The third-order valence-corrected chi connectivity index (χ3v) is 4.56. The van der Waals surface area contributed by atoms with Crippen LogP contribution in [0.4, 0.5) is 5.69 Å². The fourth-order valence-electron chi connectivity index (χ4n) is 2.48. The largest absolute Gasteiger partial charge is 0.384 e. The third-order valence-electron chi connectivity index (χ3n) is 3.59. The van der Waals surface area contributed by atoms with Gasteiger partial charge in [-0.3, -0.25) is 0 Å². The highest BCUT2D eigenvalue weighted by Crippen LogP contribution is 2.21. The molecule has 0 aromatic heterocycles. The van der Waals surface area contributed by atoms with Crippen LogP contribution in [0.1, 0.15) is 13.3 Å². The first-order valence-corrected chi connectivity index (χ1v) is 8.13. The summed E-state index contributed by atoms with van der Waals surface area (Å²) in [4.78, 5) is 2.57. The van der Waals surface area contributed by atoms with Crippen molar-refractivity contribution in [3.05, 3.63) is 24.3 Å². The molecule has 2 rings (SSSR count). The molecule has 19 heavy (non-hydrogen) atoms. The Morgan fingerprint density at radius 3 is 2.79 bits per heavy atom. The normalized spacial score (nSPS) is 20.6. The van der Waals surface area contributed by atoms with Gasteiger partial charge in [0.2, 0.25) is 10.0 Å². The Kier molecular flexibility index (Phi) is 4.44. The van der Waals surface area contributed by atoms with Crippen molar-refractivity contribution >= 4 is 15.7 Å². The van der Waals surface area contributed by atoms with E-state index in [-0.39, 0.29) is 4.90 Å². The lowest BCUT2D eigenvalue weighted by Crippen LogP contribution is -2.23. The highest BCUT2D eigenvalue weighted by Gasteiger charge is 2.21. The highest BCUT2D eigenvalue weighted by atomic mass is 32.2. The number of benzene rings is 1. The van der Waals surface area contributed by atoms with Crippen LogP contribution in [0.5, 0.6) is 0 Å². The second-order valence-corrected chi connectivity index (χ2v) is 6.50. The Hall–Kier alpha value is -1.11. The van der Waals surface area contributed by atoms with Gasteiger partial charge in [-0.2, -0.15) is 0 Å². The van der Waals surface area contributed by atoms with Crippen molar-refractivity contribution in [1.82, 2.24) is 4.90 Å². The number of nitrogens with one attached hydrogen (secondary N) is 1. The molecule has 1 saturated heterocycles. The lowest BCUT2D eigenvalue weighted by atomic mass is 10.1. The van der Waals surface area contributed by atoms with Gasteiger partial charge in [-0.15, -0.1) is 0 Å². The third kappa shape index (κ3) is 3.68. The summed E-state index contributed by atoms with van der Waals surface area (Å²) in [5.74, 6) is 0.563. The minimum absolute atomic E-state index is 0.167. The van der Waals surface area contributed by atoms with Crippen molar-refractivity contribution in [2.24, 2.45) is 11.1 Å². The summed E-state index contributed by atoms with van der Waals surface area (Å²) in [5.41, 5.74) is 0.597. The molecule has 0 saturated carbocycles. The van der Waals surface area contributed by atoms with Gasteiger partial charge < -0.3 is 10.2 Å². The van der Waals surface area contributed by atoms with E-state index in [1.165, 1.54) is 6.07 Å². The van der Waals surface area contributed by atoms with Crippen molar-refractivity contribution in [2.75, 3.05) is 31.5 Å². The van der Waals surface area contributed by atoms with Crippen molar-refractivity contribution in [1.29, 1.82) is 0 Å². The molecular formula is C13H21N3O2S. The van der Waals surface area contributed by atoms with Gasteiger partial charge in [-0.05, 0) is 37.6 Å². The summed E-state index contributed by atoms with van der Waals surface area (Å²) < 4.78 is 23.0. The van der Waals surface area contributed by atoms with Crippen LogP contribution in [0.15, 0.2) is 29.2 Å². The molecule has 1 aliphatic heterocycles. The molecule has 0 bridgehead atoms. The predicted molar refractivity (Wildman–Crippen MR) is 76.5 cm³/mol. The van der Waals surface area contributed by atoms with E-state index >= 15 is 0 Å². The molecule has 0 spiro atoms. The SMILES string of the molecule is CCN1CCC(CNc2ccccc2S(N)(=O)=O)C1. The minimum Gasteiger partial charge on any atom is -0.384 e. The van der Waals surface area contributed by atoms with E-state index in [0.29, 0.717) is 11.6 Å². The maximum atomic E-state index is 11.5. The van der Waals surface area contributed by atoms with Crippen LogP contribution in [-0.4, -0.2) is 39.5 Å². The van der Waals surface area contributed by atoms with Gasteiger partial charge in [-0.25, -0.2) is 13.6 Å². The molecule has 1 heterocycles. The van der Waals surface area contributed by atoms with Crippen LogP contribution in [0.3, 0.4) is 0 Å². The van der Waals surface area contributed by atoms with Gasteiger partial charge in [-0.1, -0.05) is 19.1 Å². The molecule has 6 heteroatoms. The zero-order valence-corrected chi connectivity index (χ0v) is 12.0. The molecule has 1 aromatic carbocycles. The van der Waals surface area contributed by atoms with Gasteiger partial charge in [0.15, 0.2) is 0 Å². The van der Waals surface area contributed by atoms with E-state index in [2.05, 4.69) is 17.1 Å². The summed E-state index contributed by atoms with van der Waals surface area (Å²) in [7, 11) is -3.67. The summed E-state index contributed by atoms with van der Waals surface area (Å²) >= 11 is 0. The first-order valence-electron chi connectivity index (χ1n) is 6.58. The zero-order chi connectivity index (χ0) is 13.9. The lowest BCUT2D eigenvalue weighted by Gasteiger charge is -2.15. The Bertz CT molecular complexity index is 530. The summed E-state index contributed by atoms with van der Waals surface area (Å²) in [6, 6.07) is 6.78. The summed E-state index contributed by atoms with van der Waals surface area (Å²) in [6.07, 6.45) is 1.15. The first kappa shape index (κ1) is 14.3. The fraction of sp³-hybridized carbons (Fsp3) is 0.538. The van der Waals surface area contributed by atoms with E-state index in [9.17, 15) is 8.42 Å². The van der Waals surface area contributed by atoms with Crippen LogP contribution in [-0.2, 0) is 10.0 Å².